The van der Waals surface area contributed by atoms with Gasteiger partial charge in [-0.1, -0.05) is 0 Å². The predicted octanol–water partition coefficient (Wildman–Crippen LogP) is 2.23. The third-order valence-corrected chi connectivity index (χ3v) is 7.16. The lowest BCUT2D eigenvalue weighted by Gasteiger charge is -2.31. The first-order valence-corrected chi connectivity index (χ1v) is 10.4. The molecule has 7 heteroatoms. The van der Waals surface area contributed by atoms with Crippen molar-refractivity contribution < 1.29 is 18.2 Å². The van der Waals surface area contributed by atoms with Crippen LogP contribution in [0.5, 0.6) is 0 Å². The number of amides is 2. The van der Waals surface area contributed by atoms with Crippen LogP contribution in [-0.4, -0.2) is 45.3 Å². The monoisotopic (exact) mass is 380 g/mol. The Balaban J connectivity index is 1.48. The SMILES string of the molecule is CC(=O)N1CCC(C(=O)NC2CCC(S(=O)c3ccc(F)cc3)C2)CC1. The van der Waals surface area contributed by atoms with E-state index in [4.69, 9.17) is 0 Å². The van der Waals surface area contributed by atoms with Crippen molar-refractivity contribution in [1.29, 1.82) is 0 Å². The highest BCUT2D eigenvalue weighted by Crippen LogP contribution is 2.28. The van der Waals surface area contributed by atoms with E-state index in [2.05, 4.69) is 5.32 Å². The molecule has 3 atom stereocenters. The van der Waals surface area contributed by atoms with E-state index in [0.717, 1.165) is 12.8 Å². The molecule has 1 saturated heterocycles. The highest BCUT2D eigenvalue weighted by Gasteiger charge is 2.33. The van der Waals surface area contributed by atoms with Crippen molar-refractivity contribution in [3.8, 4) is 0 Å². The zero-order chi connectivity index (χ0) is 18.7. The number of hydrogen-bond acceptors (Lipinski definition) is 3. The normalized spacial score (nSPS) is 25.1. The Hall–Kier alpha value is -1.76. The Bertz CT molecular complexity index is 687. The Morgan fingerprint density at radius 3 is 2.38 bits per heavy atom. The Morgan fingerprint density at radius 2 is 1.77 bits per heavy atom. The molecule has 1 aromatic rings. The average molecular weight is 380 g/mol. The Kier molecular flexibility index (Phi) is 6.06. The van der Waals surface area contributed by atoms with E-state index in [1.165, 1.54) is 12.1 Å². The van der Waals surface area contributed by atoms with Crippen LogP contribution < -0.4 is 5.32 Å². The van der Waals surface area contributed by atoms with Crippen LogP contribution in [0.2, 0.25) is 0 Å². The summed E-state index contributed by atoms with van der Waals surface area (Å²) in [6, 6.07) is 5.84. The van der Waals surface area contributed by atoms with E-state index in [9.17, 15) is 18.2 Å². The third kappa shape index (κ3) is 4.50. The van der Waals surface area contributed by atoms with E-state index >= 15 is 0 Å². The number of benzene rings is 1. The van der Waals surface area contributed by atoms with Gasteiger partial charge in [0.2, 0.25) is 11.8 Å². The van der Waals surface area contributed by atoms with Gasteiger partial charge < -0.3 is 10.2 Å². The summed E-state index contributed by atoms with van der Waals surface area (Å²) in [6.07, 6.45) is 3.68. The molecule has 1 aliphatic carbocycles. The van der Waals surface area contributed by atoms with Crippen LogP contribution in [-0.2, 0) is 20.4 Å². The standard InChI is InChI=1S/C19H25FN2O3S/c1-13(23)22-10-8-14(9-11-22)19(24)21-16-4-7-18(12-16)26(25)17-5-2-15(20)3-6-17/h2-3,5-6,14,16,18H,4,7-12H2,1H3,(H,21,24). The molecule has 1 saturated carbocycles. The highest BCUT2D eigenvalue weighted by atomic mass is 32.2. The summed E-state index contributed by atoms with van der Waals surface area (Å²) < 4.78 is 25.6. The molecule has 1 N–H and O–H groups in total. The molecule has 2 fully saturated rings. The van der Waals surface area contributed by atoms with Gasteiger partial charge in [0.05, 0.1) is 10.8 Å². The van der Waals surface area contributed by atoms with Crippen LogP contribution in [0.3, 0.4) is 0 Å². The van der Waals surface area contributed by atoms with Crippen LogP contribution in [0.15, 0.2) is 29.2 Å². The van der Waals surface area contributed by atoms with Gasteiger partial charge in [-0.3, -0.25) is 13.8 Å². The molecule has 0 spiro atoms. The number of piperidine rings is 1. The smallest absolute Gasteiger partial charge is 0.223 e. The second-order valence-corrected chi connectivity index (χ2v) is 8.91. The summed E-state index contributed by atoms with van der Waals surface area (Å²) in [5.41, 5.74) is 0. The molecule has 1 aromatic carbocycles. The largest absolute Gasteiger partial charge is 0.353 e. The minimum atomic E-state index is -1.18. The van der Waals surface area contributed by atoms with Gasteiger partial charge in [0, 0.05) is 42.1 Å². The number of carbonyl (C=O) groups excluding carboxylic acids is 2. The topological polar surface area (TPSA) is 66.5 Å². The number of nitrogens with zero attached hydrogens (tertiary/aromatic N) is 1. The summed E-state index contributed by atoms with van der Waals surface area (Å²) in [6.45, 7) is 2.82. The fraction of sp³-hybridized carbons (Fsp3) is 0.579. The van der Waals surface area contributed by atoms with Crippen molar-refractivity contribution in [1.82, 2.24) is 10.2 Å². The van der Waals surface area contributed by atoms with Gasteiger partial charge in [-0.2, -0.15) is 0 Å². The van der Waals surface area contributed by atoms with Gasteiger partial charge in [0.25, 0.3) is 0 Å². The molecule has 0 aromatic heterocycles. The molecule has 0 radical (unpaired) electrons. The van der Waals surface area contributed by atoms with Gasteiger partial charge in [-0.05, 0) is 56.4 Å². The van der Waals surface area contributed by atoms with Crippen molar-refractivity contribution >= 4 is 22.6 Å². The second-order valence-electron chi connectivity index (χ2n) is 7.17. The molecule has 0 bridgehead atoms. The summed E-state index contributed by atoms with van der Waals surface area (Å²) in [5.74, 6) is -0.275. The predicted molar refractivity (Wildman–Crippen MR) is 97.4 cm³/mol. The summed E-state index contributed by atoms with van der Waals surface area (Å²) >= 11 is 0. The van der Waals surface area contributed by atoms with Gasteiger partial charge in [0.1, 0.15) is 5.82 Å². The molecule has 3 unspecified atom stereocenters. The first-order valence-electron chi connectivity index (χ1n) is 9.16. The highest BCUT2D eigenvalue weighted by molar-refractivity contribution is 7.85. The summed E-state index contributed by atoms with van der Waals surface area (Å²) in [4.78, 5) is 26.3. The molecule has 26 heavy (non-hydrogen) atoms. The van der Waals surface area contributed by atoms with E-state index in [0.29, 0.717) is 37.2 Å². The second kappa shape index (κ2) is 8.29. The summed E-state index contributed by atoms with van der Waals surface area (Å²) in [5, 5.41) is 3.09. The van der Waals surface area contributed by atoms with Crippen LogP contribution in [0.4, 0.5) is 4.39 Å². The van der Waals surface area contributed by atoms with Gasteiger partial charge in [-0.25, -0.2) is 4.39 Å². The zero-order valence-electron chi connectivity index (χ0n) is 14.9. The molecule has 3 rings (SSSR count). The van der Waals surface area contributed by atoms with Crippen molar-refractivity contribution in [3.63, 3.8) is 0 Å². The number of nitrogens with one attached hydrogen (secondary N) is 1. The zero-order valence-corrected chi connectivity index (χ0v) is 15.8. The van der Waals surface area contributed by atoms with Crippen molar-refractivity contribution in [2.75, 3.05) is 13.1 Å². The first kappa shape index (κ1) is 19.0. The molecule has 2 amide bonds. The van der Waals surface area contributed by atoms with Gasteiger partial charge in [0.15, 0.2) is 0 Å². The lowest BCUT2D eigenvalue weighted by atomic mass is 9.95. The summed E-state index contributed by atoms with van der Waals surface area (Å²) in [7, 11) is -1.18. The number of rotatable bonds is 4. The lowest BCUT2D eigenvalue weighted by Crippen LogP contribution is -2.44. The molecule has 5 nitrogen and oxygen atoms in total. The van der Waals surface area contributed by atoms with E-state index in [1.807, 2.05) is 0 Å². The van der Waals surface area contributed by atoms with Crippen molar-refractivity contribution in [2.45, 2.75) is 55.2 Å². The molecule has 2 aliphatic rings. The number of likely N-dealkylation sites (tertiary alicyclic amines) is 1. The van der Waals surface area contributed by atoms with E-state index in [-0.39, 0.29) is 34.8 Å². The van der Waals surface area contributed by atoms with Crippen molar-refractivity contribution in [3.05, 3.63) is 30.1 Å². The van der Waals surface area contributed by atoms with Crippen LogP contribution in [0.1, 0.15) is 39.0 Å². The molecular formula is C19H25FN2O3S. The minimum Gasteiger partial charge on any atom is -0.353 e. The maximum Gasteiger partial charge on any atom is 0.223 e. The Morgan fingerprint density at radius 1 is 1.12 bits per heavy atom. The fourth-order valence-electron chi connectivity index (χ4n) is 3.80. The number of hydrogen-bond donors (Lipinski definition) is 1. The van der Waals surface area contributed by atoms with Crippen LogP contribution in [0.25, 0.3) is 0 Å². The van der Waals surface area contributed by atoms with Crippen LogP contribution in [0, 0.1) is 11.7 Å². The lowest BCUT2D eigenvalue weighted by molar-refractivity contribution is -0.134. The quantitative estimate of drug-likeness (QED) is 0.871. The van der Waals surface area contributed by atoms with E-state index in [1.54, 1.807) is 24.0 Å². The minimum absolute atomic E-state index is 0.00896. The van der Waals surface area contributed by atoms with E-state index < -0.39 is 10.8 Å². The molecular weight excluding hydrogens is 355 g/mol. The average Bonchev–Trinajstić information content (AvgIpc) is 3.10. The van der Waals surface area contributed by atoms with Crippen LogP contribution >= 0.6 is 0 Å². The van der Waals surface area contributed by atoms with Crippen molar-refractivity contribution in [2.24, 2.45) is 5.92 Å². The molecule has 1 heterocycles. The maximum atomic E-state index is 13.0. The number of carbonyl (C=O) groups is 2. The Labute approximate surface area is 155 Å². The number of halogens is 1. The first-order chi connectivity index (χ1) is 12.4. The fourth-order valence-corrected chi connectivity index (χ4v) is 5.35. The van der Waals surface area contributed by atoms with Gasteiger partial charge >= 0.3 is 0 Å². The third-order valence-electron chi connectivity index (χ3n) is 5.39. The maximum absolute atomic E-state index is 13.0. The molecule has 1 aliphatic heterocycles. The van der Waals surface area contributed by atoms with Gasteiger partial charge in [-0.15, -0.1) is 0 Å². The molecule has 142 valence electrons.